The van der Waals surface area contributed by atoms with Crippen LogP contribution in [0, 0.1) is 5.92 Å². The molecule has 0 atom stereocenters. The fraction of sp³-hybridized carbons (Fsp3) is 0.889. The zero-order chi connectivity index (χ0) is 8.97. The van der Waals surface area contributed by atoms with Crippen molar-refractivity contribution in [3.05, 3.63) is 0 Å². The molecule has 1 amide bonds. The van der Waals surface area contributed by atoms with E-state index in [9.17, 15) is 4.79 Å². The molecule has 0 N–H and O–H groups in total. The van der Waals surface area contributed by atoms with Gasteiger partial charge < -0.3 is 9.64 Å². The molecule has 0 heterocycles. The maximum atomic E-state index is 11.1. The number of nitrogens with zero attached hydrogens (tertiary/aromatic N) is 1. The molecular weight excluding hydrogens is 154 g/mol. The maximum absolute atomic E-state index is 11.1. The number of carbonyl (C=O) groups excluding carboxylic acids is 1. The predicted molar refractivity (Wildman–Crippen MR) is 47.0 cm³/mol. The van der Waals surface area contributed by atoms with Gasteiger partial charge in [0.25, 0.3) is 0 Å². The second-order valence-corrected chi connectivity index (χ2v) is 3.35. The van der Waals surface area contributed by atoms with Crippen molar-refractivity contribution < 1.29 is 9.53 Å². The summed E-state index contributed by atoms with van der Waals surface area (Å²) in [4.78, 5) is 12.7. The maximum Gasteiger partial charge on any atom is 0.409 e. The Labute approximate surface area is 73.7 Å². The Morgan fingerprint density at radius 3 is 2.75 bits per heavy atom. The fourth-order valence-corrected chi connectivity index (χ4v) is 1.11. The molecule has 12 heavy (non-hydrogen) atoms. The van der Waals surface area contributed by atoms with Gasteiger partial charge in [-0.05, 0) is 19.3 Å². The first kappa shape index (κ1) is 9.36. The summed E-state index contributed by atoms with van der Waals surface area (Å²) in [5.74, 6) is 0.877. The zero-order valence-corrected chi connectivity index (χ0v) is 7.88. The minimum atomic E-state index is -0.196. The van der Waals surface area contributed by atoms with Crippen molar-refractivity contribution in [3.63, 3.8) is 0 Å². The van der Waals surface area contributed by atoms with Crippen molar-refractivity contribution in [1.82, 2.24) is 4.90 Å². The third-order valence-corrected chi connectivity index (χ3v) is 2.15. The molecule has 1 aliphatic rings. The van der Waals surface area contributed by atoms with Crippen LogP contribution < -0.4 is 0 Å². The zero-order valence-electron chi connectivity index (χ0n) is 7.88. The highest BCUT2D eigenvalue weighted by atomic mass is 16.5. The molecule has 1 aliphatic carbocycles. The molecule has 1 saturated carbocycles. The molecule has 0 aromatic heterocycles. The topological polar surface area (TPSA) is 29.5 Å². The number of ether oxygens (including phenoxy) is 1. The SMILES string of the molecule is CCOC(=O)N(C)CCC1CC1. The smallest absolute Gasteiger partial charge is 0.409 e. The van der Waals surface area contributed by atoms with Crippen LogP contribution in [0.5, 0.6) is 0 Å². The second-order valence-electron chi connectivity index (χ2n) is 3.35. The van der Waals surface area contributed by atoms with Crippen LogP contribution in [0.2, 0.25) is 0 Å². The number of hydrogen-bond acceptors (Lipinski definition) is 2. The third kappa shape index (κ3) is 3.11. The summed E-state index contributed by atoms with van der Waals surface area (Å²) in [5, 5.41) is 0. The van der Waals surface area contributed by atoms with Crippen molar-refractivity contribution in [2.75, 3.05) is 20.2 Å². The summed E-state index contributed by atoms with van der Waals surface area (Å²) < 4.78 is 4.84. The number of carbonyl (C=O) groups is 1. The second kappa shape index (κ2) is 4.33. The molecular formula is C9H17NO2. The van der Waals surface area contributed by atoms with Crippen LogP contribution in [-0.4, -0.2) is 31.2 Å². The summed E-state index contributed by atoms with van der Waals surface area (Å²) >= 11 is 0. The van der Waals surface area contributed by atoms with E-state index in [0.29, 0.717) is 6.61 Å². The molecule has 1 rings (SSSR count). The van der Waals surface area contributed by atoms with Crippen molar-refractivity contribution in [1.29, 1.82) is 0 Å². The number of rotatable bonds is 4. The van der Waals surface area contributed by atoms with Gasteiger partial charge in [0, 0.05) is 13.6 Å². The molecule has 1 fully saturated rings. The number of amides is 1. The Morgan fingerprint density at radius 2 is 2.25 bits per heavy atom. The first-order valence-corrected chi connectivity index (χ1v) is 4.62. The molecule has 3 nitrogen and oxygen atoms in total. The van der Waals surface area contributed by atoms with Gasteiger partial charge in [0.2, 0.25) is 0 Å². The minimum absolute atomic E-state index is 0.196. The van der Waals surface area contributed by atoms with Crippen LogP contribution in [0.1, 0.15) is 26.2 Å². The van der Waals surface area contributed by atoms with Gasteiger partial charge in [-0.25, -0.2) is 4.79 Å². The van der Waals surface area contributed by atoms with Gasteiger partial charge in [0.15, 0.2) is 0 Å². The van der Waals surface area contributed by atoms with E-state index in [-0.39, 0.29) is 6.09 Å². The van der Waals surface area contributed by atoms with E-state index < -0.39 is 0 Å². The average molecular weight is 171 g/mol. The van der Waals surface area contributed by atoms with Gasteiger partial charge in [-0.15, -0.1) is 0 Å². The molecule has 0 radical (unpaired) electrons. The van der Waals surface area contributed by atoms with Crippen LogP contribution in [0.15, 0.2) is 0 Å². The lowest BCUT2D eigenvalue weighted by atomic mass is 10.3. The third-order valence-electron chi connectivity index (χ3n) is 2.15. The monoisotopic (exact) mass is 171 g/mol. The summed E-state index contributed by atoms with van der Waals surface area (Å²) in [5.41, 5.74) is 0. The molecule has 0 aromatic carbocycles. The Balaban J connectivity index is 2.07. The first-order valence-electron chi connectivity index (χ1n) is 4.62. The van der Waals surface area contributed by atoms with E-state index in [2.05, 4.69) is 0 Å². The van der Waals surface area contributed by atoms with Crippen LogP contribution in [-0.2, 0) is 4.74 Å². The standard InChI is InChI=1S/C9H17NO2/c1-3-12-9(11)10(2)7-6-8-4-5-8/h8H,3-7H2,1-2H3. The predicted octanol–water partition coefficient (Wildman–Crippen LogP) is 1.87. The van der Waals surface area contributed by atoms with Gasteiger partial charge >= 0.3 is 6.09 Å². The van der Waals surface area contributed by atoms with E-state index in [0.717, 1.165) is 18.9 Å². The van der Waals surface area contributed by atoms with Crippen LogP contribution in [0.3, 0.4) is 0 Å². The molecule has 3 heteroatoms. The summed E-state index contributed by atoms with van der Waals surface area (Å²) in [6.45, 7) is 3.13. The Kier molecular flexibility index (Phi) is 3.38. The van der Waals surface area contributed by atoms with Crippen LogP contribution in [0.25, 0.3) is 0 Å². The largest absolute Gasteiger partial charge is 0.450 e. The lowest BCUT2D eigenvalue weighted by Crippen LogP contribution is -2.28. The first-order chi connectivity index (χ1) is 5.74. The molecule has 0 spiro atoms. The van der Waals surface area contributed by atoms with E-state index in [4.69, 9.17) is 4.74 Å². The van der Waals surface area contributed by atoms with Crippen molar-refractivity contribution in [3.8, 4) is 0 Å². The Morgan fingerprint density at radius 1 is 1.58 bits per heavy atom. The average Bonchev–Trinajstić information content (AvgIpc) is 2.83. The minimum Gasteiger partial charge on any atom is -0.450 e. The normalized spacial score (nSPS) is 15.8. The fourth-order valence-electron chi connectivity index (χ4n) is 1.11. The highest BCUT2D eigenvalue weighted by Gasteiger charge is 2.22. The molecule has 70 valence electrons. The van der Waals surface area contributed by atoms with Gasteiger partial charge in [-0.2, -0.15) is 0 Å². The van der Waals surface area contributed by atoms with Crippen LogP contribution >= 0.6 is 0 Å². The molecule has 0 aliphatic heterocycles. The van der Waals surface area contributed by atoms with E-state index >= 15 is 0 Å². The van der Waals surface area contributed by atoms with Crippen LogP contribution in [0.4, 0.5) is 4.79 Å². The summed E-state index contributed by atoms with van der Waals surface area (Å²) in [6, 6.07) is 0. The lowest BCUT2D eigenvalue weighted by molar-refractivity contribution is 0.115. The van der Waals surface area contributed by atoms with Crippen molar-refractivity contribution >= 4 is 6.09 Å². The molecule has 0 bridgehead atoms. The van der Waals surface area contributed by atoms with E-state index in [1.165, 1.54) is 12.8 Å². The highest BCUT2D eigenvalue weighted by molar-refractivity contribution is 5.67. The van der Waals surface area contributed by atoms with Crippen molar-refractivity contribution in [2.24, 2.45) is 5.92 Å². The van der Waals surface area contributed by atoms with Gasteiger partial charge in [0.05, 0.1) is 6.61 Å². The molecule has 0 aromatic rings. The van der Waals surface area contributed by atoms with E-state index in [1.54, 1.807) is 11.9 Å². The number of hydrogen-bond donors (Lipinski definition) is 0. The molecule has 0 saturated heterocycles. The van der Waals surface area contributed by atoms with E-state index in [1.807, 2.05) is 6.92 Å². The lowest BCUT2D eigenvalue weighted by Gasteiger charge is -2.15. The Hall–Kier alpha value is -0.730. The highest BCUT2D eigenvalue weighted by Crippen LogP contribution is 2.32. The summed E-state index contributed by atoms with van der Waals surface area (Å²) in [6.07, 6.45) is 3.63. The van der Waals surface area contributed by atoms with Gasteiger partial charge in [-0.3, -0.25) is 0 Å². The van der Waals surface area contributed by atoms with Gasteiger partial charge in [-0.1, -0.05) is 12.8 Å². The van der Waals surface area contributed by atoms with Gasteiger partial charge in [0.1, 0.15) is 0 Å². The quantitative estimate of drug-likeness (QED) is 0.646. The molecule has 0 unspecified atom stereocenters. The Bertz CT molecular complexity index is 155. The van der Waals surface area contributed by atoms with Crippen molar-refractivity contribution in [2.45, 2.75) is 26.2 Å². The summed E-state index contributed by atoms with van der Waals surface area (Å²) in [7, 11) is 1.79.